The number of amides is 2. The molecule has 31 heavy (non-hydrogen) atoms. The molecule has 3 aromatic carbocycles. The van der Waals surface area contributed by atoms with Crippen LogP contribution in [0.3, 0.4) is 0 Å². The number of anilines is 2. The summed E-state index contributed by atoms with van der Waals surface area (Å²) < 4.78 is 0. The van der Waals surface area contributed by atoms with Gasteiger partial charge in [0.2, 0.25) is 5.91 Å². The van der Waals surface area contributed by atoms with Crippen LogP contribution in [-0.4, -0.2) is 17.9 Å². The zero-order chi connectivity index (χ0) is 21.5. The van der Waals surface area contributed by atoms with E-state index < -0.39 is 12.0 Å². The Hall–Kier alpha value is -3.44. The van der Waals surface area contributed by atoms with Gasteiger partial charge in [-0.05, 0) is 54.3 Å². The van der Waals surface area contributed by atoms with Crippen molar-refractivity contribution >= 4 is 23.2 Å². The van der Waals surface area contributed by atoms with Gasteiger partial charge in [0, 0.05) is 0 Å². The van der Waals surface area contributed by atoms with E-state index in [0.29, 0.717) is 5.69 Å². The van der Waals surface area contributed by atoms with Crippen molar-refractivity contribution in [3.8, 4) is 0 Å². The van der Waals surface area contributed by atoms with Gasteiger partial charge in [0.15, 0.2) is 6.10 Å². The predicted molar refractivity (Wildman–Crippen MR) is 120 cm³/mol. The summed E-state index contributed by atoms with van der Waals surface area (Å²) in [6, 6.07) is 24.8. The molecule has 3 atom stereocenters. The molecule has 3 aromatic rings. The average molecular weight is 412 g/mol. The lowest BCUT2D eigenvalue weighted by atomic mass is 9.88. The van der Waals surface area contributed by atoms with E-state index in [9.17, 15) is 9.59 Å². The standard InChI is InChI=1S/C26H24N2O3/c1-3-18-13-15-19(16-14-18)27-25(29)22-23(21-12-8-7-9-17(21)2)28(31-24(22)26(27)30)20-10-5-4-6-11-20/h4-16,22-24H,3H2,1-2H3/t22-,23+,24-/m1/s1. The number of fused-ring (bicyclic) bond motifs is 1. The third kappa shape index (κ3) is 3.13. The number of hydroxylamine groups is 1. The Morgan fingerprint density at radius 3 is 2.16 bits per heavy atom. The topological polar surface area (TPSA) is 49.9 Å². The van der Waals surface area contributed by atoms with Crippen LogP contribution in [0.1, 0.15) is 29.7 Å². The fourth-order valence-corrected chi connectivity index (χ4v) is 4.58. The molecule has 2 aliphatic rings. The molecule has 2 fully saturated rings. The van der Waals surface area contributed by atoms with Gasteiger partial charge < -0.3 is 0 Å². The second-order valence-corrected chi connectivity index (χ2v) is 8.05. The summed E-state index contributed by atoms with van der Waals surface area (Å²) >= 11 is 0. The van der Waals surface area contributed by atoms with Crippen molar-refractivity contribution in [3.05, 3.63) is 95.6 Å². The molecule has 0 spiro atoms. The molecule has 0 aromatic heterocycles. The highest BCUT2D eigenvalue weighted by molar-refractivity contribution is 6.23. The first-order valence-corrected chi connectivity index (χ1v) is 10.6. The largest absolute Gasteiger partial charge is 0.273 e. The molecule has 156 valence electrons. The third-order valence-electron chi connectivity index (χ3n) is 6.24. The SMILES string of the molecule is CCc1ccc(N2C(=O)[C@H]3[C@@H](ON(c4ccccc4)[C@H]3c3ccccc3C)C2=O)cc1. The van der Waals surface area contributed by atoms with Crippen molar-refractivity contribution in [2.45, 2.75) is 32.4 Å². The van der Waals surface area contributed by atoms with Gasteiger partial charge in [-0.25, -0.2) is 9.96 Å². The molecule has 0 bridgehead atoms. The fraction of sp³-hybridized carbons (Fsp3) is 0.231. The number of para-hydroxylation sites is 1. The van der Waals surface area contributed by atoms with Gasteiger partial charge in [0.05, 0.1) is 17.4 Å². The van der Waals surface area contributed by atoms with Crippen molar-refractivity contribution in [2.75, 3.05) is 9.96 Å². The van der Waals surface area contributed by atoms with E-state index >= 15 is 0 Å². The van der Waals surface area contributed by atoms with Gasteiger partial charge >= 0.3 is 0 Å². The first kappa shape index (κ1) is 19.5. The van der Waals surface area contributed by atoms with Crippen molar-refractivity contribution < 1.29 is 14.4 Å². The minimum absolute atomic E-state index is 0.217. The van der Waals surface area contributed by atoms with Gasteiger partial charge in [-0.3, -0.25) is 14.4 Å². The molecule has 5 heteroatoms. The normalized spacial score (nSPS) is 22.8. The molecule has 2 amide bonds. The summed E-state index contributed by atoms with van der Waals surface area (Å²) in [4.78, 5) is 34.5. The van der Waals surface area contributed by atoms with Gasteiger partial charge in [-0.2, -0.15) is 0 Å². The average Bonchev–Trinajstić information content (AvgIpc) is 3.31. The number of carbonyl (C=O) groups is 2. The number of benzene rings is 3. The molecule has 2 saturated heterocycles. The first-order valence-electron chi connectivity index (χ1n) is 10.6. The zero-order valence-electron chi connectivity index (χ0n) is 17.6. The monoisotopic (exact) mass is 412 g/mol. The quantitative estimate of drug-likeness (QED) is 0.588. The van der Waals surface area contributed by atoms with E-state index in [2.05, 4.69) is 6.92 Å². The van der Waals surface area contributed by atoms with Crippen LogP contribution in [0.4, 0.5) is 11.4 Å². The number of nitrogens with zero attached hydrogens (tertiary/aromatic N) is 2. The number of aryl methyl sites for hydroxylation is 2. The van der Waals surface area contributed by atoms with Crippen molar-refractivity contribution in [1.29, 1.82) is 0 Å². The van der Waals surface area contributed by atoms with E-state index in [1.807, 2.05) is 85.8 Å². The number of hydrogen-bond acceptors (Lipinski definition) is 4. The van der Waals surface area contributed by atoms with E-state index in [1.54, 1.807) is 5.06 Å². The zero-order valence-corrected chi connectivity index (χ0v) is 17.6. The lowest BCUT2D eigenvalue weighted by Crippen LogP contribution is -2.37. The van der Waals surface area contributed by atoms with Crippen LogP contribution in [0.25, 0.3) is 0 Å². The minimum Gasteiger partial charge on any atom is -0.273 e. The van der Waals surface area contributed by atoms with Gasteiger partial charge in [0.25, 0.3) is 5.91 Å². The lowest BCUT2D eigenvalue weighted by Gasteiger charge is -2.29. The maximum absolute atomic E-state index is 13.6. The van der Waals surface area contributed by atoms with E-state index in [4.69, 9.17) is 4.84 Å². The van der Waals surface area contributed by atoms with Crippen LogP contribution in [0.5, 0.6) is 0 Å². The Kier molecular flexibility index (Phi) is 4.83. The molecule has 0 aliphatic carbocycles. The Labute approximate surface area is 181 Å². The second kappa shape index (κ2) is 7.67. The Morgan fingerprint density at radius 2 is 1.48 bits per heavy atom. The van der Waals surface area contributed by atoms with E-state index in [0.717, 1.165) is 28.8 Å². The Bertz CT molecular complexity index is 1130. The summed E-state index contributed by atoms with van der Waals surface area (Å²) in [6.07, 6.45) is 0.0564. The third-order valence-corrected chi connectivity index (χ3v) is 6.24. The molecule has 2 aliphatic heterocycles. The smallest absolute Gasteiger partial charge is 0.266 e. The summed E-state index contributed by atoms with van der Waals surface area (Å²) in [6.45, 7) is 4.10. The van der Waals surface area contributed by atoms with Gasteiger partial charge in [-0.15, -0.1) is 0 Å². The Balaban J connectivity index is 1.58. The minimum atomic E-state index is -0.844. The van der Waals surface area contributed by atoms with Gasteiger partial charge in [0.1, 0.15) is 5.92 Å². The molecule has 0 radical (unpaired) electrons. The first-order chi connectivity index (χ1) is 15.1. The number of rotatable bonds is 4. The van der Waals surface area contributed by atoms with Crippen LogP contribution < -0.4 is 9.96 Å². The van der Waals surface area contributed by atoms with Crippen LogP contribution in [0, 0.1) is 12.8 Å². The number of hydrogen-bond donors (Lipinski definition) is 0. The number of carbonyl (C=O) groups excluding carboxylic acids is 2. The van der Waals surface area contributed by atoms with Crippen LogP contribution >= 0.6 is 0 Å². The summed E-state index contributed by atoms with van der Waals surface area (Å²) in [7, 11) is 0. The lowest BCUT2D eigenvalue weighted by molar-refractivity contribution is -0.126. The van der Waals surface area contributed by atoms with E-state index in [1.165, 1.54) is 4.90 Å². The van der Waals surface area contributed by atoms with Crippen LogP contribution in [0.15, 0.2) is 78.9 Å². The van der Waals surface area contributed by atoms with Crippen LogP contribution in [0.2, 0.25) is 0 Å². The molecule has 0 saturated carbocycles. The van der Waals surface area contributed by atoms with Crippen LogP contribution in [-0.2, 0) is 20.8 Å². The maximum Gasteiger partial charge on any atom is 0.266 e. The fourth-order valence-electron chi connectivity index (χ4n) is 4.58. The summed E-state index contributed by atoms with van der Waals surface area (Å²) in [5, 5.41) is 1.74. The van der Waals surface area contributed by atoms with E-state index in [-0.39, 0.29) is 17.9 Å². The maximum atomic E-state index is 13.6. The Morgan fingerprint density at radius 1 is 0.806 bits per heavy atom. The molecule has 0 unspecified atom stereocenters. The summed E-state index contributed by atoms with van der Waals surface area (Å²) in [5.74, 6) is -1.14. The highest BCUT2D eigenvalue weighted by Crippen LogP contribution is 2.48. The van der Waals surface area contributed by atoms with Crippen molar-refractivity contribution in [3.63, 3.8) is 0 Å². The summed E-state index contributed by atoms with van der Waals surface area (Å²) in [5.41, 5.74) is 4.63. The number of imide groups is 1. The molecule has 2 heterocycles. The molecule has 5 rings (SSSR count). The predicted octanol–water partition coefficient (Wildman–Crippen LogP) is 4.61. The molecule has 5 nitrogen and oxygen atoms in total. The second-order valence-electron chi connectivity index (χ2n) is 8.05. The van der Waals surface area contributed by atoms with Gasteiger partial charge in [-0.1, -0.05) is 61.5 Å². The molecular formula is C26H24N2O3. The molecular weight excluding hydrogens is 388 g/mol. The van der Waals surface area contributed by atoms with Crippen molar-refractivity contribution in [1.82, 2.24) is 0 Å². The highest BCUT2D eigenvalue weighted by atomic mass is 16.7. The van der Waals surface area contributed by atoms with Crippen molar-refractivity contribution in [2.24, 2.45) is 5.92 Å². The highest BCUT2D eigenvalue weighted by Gasteiger charge is 2.60. The molecule has 0 N–H and O–H groups in total.